The molecule has 0 radical (unpaired) electrons. The highest BCUT2D eigenvalue weighted by Crippen LogP contribution is 2.17. The van der Waals surface area contributed by atoms with Crippen molar-refractivity contribution in [2.75, 3.05) is 25.4 Å². The van der Waals surface area contributed by atoms with Crippen LogP contribution in [0, 0.1) is 5.82 Å². The Morgan fingerprint density at radius 1 is 1.35 bits per heavy atom. The van der Waals surface area contributed by atoms with Gasteiger partial charge in [0.05, 0.1) is 6.10 Å². The summed E-state index contributed by atoms with van der Waals surface area (Å²) in [5.74, 6) is 0.823. The van der Waals surface area contributed by atoms with E-state index in [0.717, 1.165) is 30.3 Å². The van der Waals surface area contributed by atoms with Gasteiger partial charge in [-0.25, -0.2) is 4.39 Å². The lowest BCUT2D eigenvalue weighted by atomic mass is 10.2. The summed E-state index contributed by atoms with van der Waals surface area (Å²) in [6.07, 6.45) is 2.78. The minimum Gasteiger partial charge on any atom is -0.377 e. The molecule has 0 aromatic heterocycles. The third-order valence-corrected chi connectivity index (χ3v) is 3.77. The van der Waals surface area contributed by atoms with E-state index < -0.39 is 0 Å². The Morgan fingerprint density at radius 2 is 2.18 bits per heavy atom. The molecule has 1 aromatic rings. The van der Waals surface area contributed by atoms with E-state index in [1.807, 2.05) is 12.1 Å². The third kappa shape index (κ3) is 4.66. The number of ether oxygens (including phenoxy) is 1. The lowest BCUT2D eigenvalue weighted by Crippen LogP contribution is -2.27. The largest absolute Gasteiger partial charge is 0.377 e. The minimum absolute atomic E-state index is 0.175. The van der Waals surface area contributed by atoms with Gasteiger partial charge in [-0.15, -0.1) is 11.8 Å². The van der Waals surface area contributed by atoms with E-state index in [0.29, 0.717) is 6.10 Å². The van der Waals surface area contributed by atoms with Crippen molar-refractivity contribution in [2.45, 2.75) is 23.8 Å². The molecule has 0 aliphatic carbocycles. The molecular weight excluding hydrogens is 237 g/mol. The van der Waals surface area contributed by atoms with Gasteiger partial charge in [0.15, 0.2) is 0 Å². The van der Waals surface area contributed by atoms with Gasteiger partial charge in [-0.05, 0) is 37.1 Å². The van der Waals surface area contributed by atoms with Gasteiger partial charge in [0.1, 0.15) is 5.82 Å². The Labute approximate surface area is 106 Å². The van der Waals surface area contributed by atoms with Crippen LogP contribution in [-0.4, -0.2) is 31.6 Å². The van der Waals surface area contributed by atoms with Crippen molar-refractivity contribution in [1.29, 1.82) is 0 Å². The van der Waals surface area contributed by atoms with Crippen LogP contribution in [0.1, 0.15) is 12.8 Å². The fraction of sp³-hybridized carbons (Fsp3) is 0.538. The third-order valence-electron chi connectivity index (χ3n) is 2.76. The van der Waals surface area contributed by atoms with Crippen LogP contribution in [0.15, 0.2) is 29.2 Å². The molecule has 1 heterocycles. The number of hydrogen-bond donors (Lipinski definition) is 1. The number of halogens is 1. The summed E-state index contributed by atoms with van der Waals surface area (Å²) < 4.78 is 18.2. The summed E-state index contributed by atoms with van der Waals surface area (Å²) in [6.45, 7) is 2.82. The normalized spacial score (nSPS) is 19.7. The maximum Gasteiger partial charge on any atom is 0.123 e. The number of nitrogens with one attached hydrogen (secondary N) is 1. The number of thioether (sulfide) groups is 1. The molecule has 1 aliphatic heterocycles. The van der Waals surface area contributed by atoms with Crippen molar-refractivity contribution in [3.05, 3.63) is 30.1 Å². The molecule has 0 amide bonds. The fourth-order valence-corrected chi connectivity index (χ4v) is 2.65. The molecule has 1 unspecified atom stereocenters. The van der Waals surface area contributed by atoms with Crippen LogP contribution >= 0.6 is 11.8 Å². The van der Waals surface area contributed by atoms with Gasteiger partial charge in [0, 0.05) is 30.3 Å². The summed E-state index contributed by atoms with van der Waals surface area (Å²) >= 11 is 1.74. The lowest BCUT2D eigenvalue weighted by Gasteiger charge is -2.10. The predicted octanol–water partition coefficient (Wildman–Crippen LogP) is 2.69. The summed E-state index contributed by atoms with van der Waals surface area (Å²) in [5, 5.41) is 3.39. The summed E-state index contributed by atoms with van der Waals surface area (Å²) in [6, 6.07) is 6.64. The van der Waals surface area contributed by atoms with E-state index in [1.54, 1.807) is 11.8 Å². The predicted molar refractivity (Wildman–Crippen MR) is 69.0 cm³/mol. The maximum absolute atomic E-state index is 12.7. The van der Waals surface area contributed by atoms with Crippen LogP contribution in [0.2, 0.25) is 0 Å². The van der Waals surface area contributed by atoms with Crippen molar-refractivity contribution < 1.29 is 9.13 Å². The second-order valence-corrected chi connectivity index (χ2v) is 5.31. The van der Waals surface area contributed by atoms with Crippen LogP contribution in [0.5, 0.6) is 0 Å². The molecule has 4 heteroatoms. The first-order valence-electron chi connectivity index (χ1n) is 6.05. The first-order valence-corrected chi connectivity index (χ1v) is 7.04. The smallest absolute Gasteiger partial charge is 0.123 e. The van der Waals surface area contributed by atoms with Crippen molar-refractivity contribution in [2.24, 2.45) is 0 Å². The standard InChI is InChI=1S/C13H18FNOS/c14-11-3-5-13(6-4-11)17-9-7-15-10-12-2-1-8-16-12/h3-6,12,15H,1-2,7-10H2. The molecule has 0 bridgehead atoms. The molecule has 1 aliphatic rings. The van der Waals surface area contributed by atoms with Crippen LogP contribution in [0.3, 0.4) is 0 Å². The molecule has 17 heavy (non-hydrogen) atoms. The zero-order chi connectivity index (χ0) is 11.9. The molecular formula is C13H18FNOS. The van der Waals surface area contributed by atoms with E-state index in [1.165, 1.54) is 25.0 Å². The SMILES string of the molecule is Fc1ccc(SCCNCC2CCCO2)cc1. The van der Waals surface area contributed by atoms with E-state index in [9.17, 15) is 4.39 Å². The van der Waals surface area contributed by atoms with E-state index in [-0.39, 0.29) is 5.82 Å². The zero-order valence-electron chi connectivity index (χ0n) is 9.82. The van der Waals surface area contributed by atoms with E-state index in [4.69, 9.17) is 4.74 Å². The number of hydrogen-bond acceptors (Lipinski definition) is 3. The molecule has 2 rings (SSSR count). The Balaban J connectivity index is 1.55. The van der Waals surface area contributed by atoms with Crippen molar-refractivity contribution >= 4 is 11.8 Å². The molecule has 0 spiro atoms. The highest BCUT2D eigenvalue weighted by molar-refractivity contribution is 7.99. The molecule has 1 atom stereocenters. The number of benzene rings is 1. The Bertz CT molecular complexity index is 325. The van der Waals surface area contributed by atoms with Crippen molar-refractivity contribution in [1.82, 2.24) is 5.32 Å². The lowest BCUT2D eigenvalue weighted by molar-refractivity contribution is 0.110. The molecule has 1 fully saturated rings. The molecule has 1 saturated heterocycles. The van der Waals surface area contributed by atoms with E-state index >= 15 is 0 Å². The molecule has 2 nitrogen and oxygen atoms in total. The molecule has 0 saturated carbocycles. The van der Waals surface area contributed by atoms with Gasteiger partial charge in [-0.1, -0.05) is 0 Å². The van der Waals surface area contributed by atoms with Crippen molar-refractivity contribution in [3.63, 3.8) is 0 Å². The van der Waals surface area contributed by atoms with Crippen LogP contribution in [0.4, 0.5) is 4.39 Å². The summed E-state index contributed by atoms with van der Waals surface area (Å²) in [4.78, 5) is 1.12. The van der Waals surface area contributed by atoms with Crippen LogP contribution < -0.4 is 5.32 Å². The zero-order valence-corrected chi connectivity index (χ0v) is 10.6. The number of rotatable bonds is 6. The highest BCUT2D eigenvalue weighted by atomic mass is 32.2. The Morgan fingerprint density at radius 3 is 2.88 bits per heavy atom. The maximum atomic E-state index is 12.7. The van der Waals surface area contributed by atoms with Gasteiger partial charge in [0.2, 0.25) is 0 Å². The first-order chi connectivity index (χ1) is 8.34. The molecule has 94 valence electrons. The topological polar surface area (TPSA) is 21.3 Å². The van der Waals surface area contributed by atoms with Gasteiger partial charge < -0.3 is 10.1 Å². The first kappa shape index (κ1) is 12.9. The second kappa shape index (κ2) is 6.99. The van der Waals surface area contributed by atoms with E-state index in [2.05, 4.69) is 5.32 Å². The quantitative estimate of drug-likeness (QED) is 0.624. The van der Waals surface area contributed by atoms with Gasteiger partial charge >= 0.3 is 0 Å². The summed E-state index contributed by atoms with van der Waals surface area (Å²) in [7, 11) is 0. The second-order valence-electron chi connectivity index (χ2n) is 4.14. The Kier molecular flexibility index (Phi) is 5.29. The molecule has 1 aromatic carbocycles. The van der Waals surface area contributed by atoms with Gasteiger partial charge in [-0.3, -0.25) is 0 Å². The highest BCUT2D eigenvalue weighted by Gasteiger charge is 2.13. The minimum atomic E-state index is -0.175. The Hall–Kier alpha value is -0.580. The van der Waals surface area contributed by atoms with Crippen molar-refractivity contribution in [3.8, 4) is 0 Å². The average Bonchev–Trinajstić information content (AvgIpc) is 2.84. The van der Waals surface area contributed by atoms with Gasteiger partial charge in [-0.2, -0.15) is 0 Å². The molecule has 1 N–H and O–H groups in total. The summed E-state index contributed by atoms with van der Waals surface area (Å²) in [5.41, 5.74) is 0. The average molecular weight is 255 g/mol. The fourth-order valence-electron chi connectivity index (χ4n) is 1.84. The monoisotopic (exact) mass is 255 g/mol. The van der Waals surface area contributed by atoms with Gasteiger partial charge in [0.25, 0.3) is 0 Å². The van der Waals surface area contributed by atoms with Crippen LogP contribution in [0.25, 0.3) is 0 Å². The van der Waals surface area contributed by atoms with Crippen LogP contribution in [-0.2, 0) is 4.74 Å².